The van der Waals surface area contributed by atoms with Gasteiger partial charge in [-0.25, -0.2) is 9.18 Å². The third-order valence-corrected chi connectivity index (χ3v) is 1.78. The zero-order valence-electron chi connectivity index (χ0n) is 7.63. The normalized spacial score (nSPS) is 11.2. The second kappa shape index (κ2) is 3.80. The van der Waals surface area contributed by atoms with Crippen LogP contribution in [0.25, 0.3) is 0 Å². The predicted octanol–water partition coefficient (Wildman–Crippen LogP) is 2.01. The Bertz CT molecular complexity index is 390. The van der Waals surface area contributed by atoms with Crippen LogP contribution in [0.2, 0.25) is 0 Å². The number of carboxylic acid groups (broad SMARTS) is 1. The van der Waals surface area contributed by atoms with Crippen LogP contribution in [0.3, 0.4) is 0 Å². The van der Waals surface area contributed by atoms with Gasteiger partial charge in [-0.3, -0.25) is 0 Å². The highest BCUT2D eigenvalue weighted by Gasteiger charge is 2.41. The number of methoxy groups -OCH3 is 1. The molecule has 0 heterocycles. The van der Waals surface area contributed by atoms with Crippen LogP contribution in [0.15, 0.2) is 18.2 Å². The van der Waals surface area contributed by atoms with Crippen LogP contribution in [-0.2, 0) is 10.7 Å². The van der Waals surface area contributed by atoms with Crippen LogP contribution in [0.5, 0.6) is 5.75 Å². The van der Waals surface area contributed by atoms with Crippen LogP contribution in [0.1, 0.15) is 5.56 Å². The van der Waals surface area contributed by atoms with Crippen LogP contribution >= 0.6 is 0 Å². The summed E-state index contributed by atoms with van der Waals surface area (Å²) in [5.74, 6) is -7.60. The first kappa shape index (κ1) is 11.4. The van der Waals surface area contributed by atoms with Gasteiger partial charge in [0, 0.05) is 5.56 Å². The van der Waals surface area contributed by atoms with Gasteiger partial charge in [0.05, 0.1) is 7.11 Å². The highest BCUT2D eigenvalue weighted by molar-refractivity contribution is 5.77. The Morgan fingerprint density at radius 2 is 2.07 bits per heavy atom. The van der Waals surface area contributed by atoms with Crippen molar-refractivity contribution in [2.45, 2.75) is 5.92 Å². The van der Waals surface area contributed by atoms with E-state index in [-0.39, 0.29) is 0 Å². The molecule has 1 N–H and O–H groups in total. The highest BCUT2D eigenvalue weighted by atomic mass is 19.3. The summed E-state index contributed by atoms with van der Waals surface area (Å²) in [5.41, 5.74) is -0.826. The van der Waals surface area contributed by atoms with E-state index in [1.54, 1.807) is 0 Å². The van der Waals surface area contributed by atoms with Gasteiger partial charge in [0.1, 0.15) is 0 Å². The van der Waals surface area contributed by atoms with E-state index in [4.69, 9.17) is 5.11 Å². The molecule has 0 aromatic heterocycles. The van der Waals surface area contributed by atoms with E-state index in [1.165, 1.54) is 0 Å². The van der Waals surface area contributed by atoms with Crippen molar-refractivity contribution in [3.63, 3.8) is 0 Å². The van der Waals surface area contributed by atoms with Gasteiger partial charge in [-0.1, -0.05) is 0 Å². The molecule has 1 aromatic carbocycles. The quantitative estimate of drug-likeness (QED) is 0.847. The fraction of sp³-hybridized carbons (Fsp3) is 0.222. The highest BCUT2D eigenvalue weighted by Crippen LogP contribution is 2.31. The van der Waals surface area contributed by atoms with Gasteiger partial charge in [-0.2, -0.15) is 8.78 Å². The minimum atomic E-state index is -4.05. The fourth-order valence-electron chi connectivity index (χ4n) is 0.979. The first-order valence-electron chi connectivity index (χ1n) is 3.85. The van der Waals surface area contributed by atoms with Crippen molar-refractivity contribution < 1.29 is 27.8 Å². The van der Waals surface area contributed by atoms with E-state index in [9.17, 15) is 18.0 Å². The van der Waals surface area contributed by atoms with Crippen molar-refractivity contribution in [2.75, 3.05) is 7.11 Å². The van der Waals surface area contributed by atoms with E-state index in [2.05, 4.69) is 4.74 Å². The molecule has 0 radical (unpaired) electrons. The molecule has 0 atom stereocenters. The lowest BCUT2D eigenvalue weighted by molar-refractivity contribution is -0.166. The number of aliphatic carboxylic acids is 1. The van der Waals surface area contributed by atoms with Crippen molar-refractivity contribution in [3.05, 3.63) is 29.6 Å². The summed E-state index contributed by atoms with van der Waals surface area (Å²) >= 11 is 0. The summed E-state index contributed by atoms with van der Waals surface area (Å²) in [5, 5.41) is 8.24. The molecule has 0 aliphatic carbocycles. The van der Waals surface area contributed by atoms with E-state index >= 15 is 0 Å². The topological polar surface area (TPSA) is 46.5 Å². The second-order valence-corrected chi connectivity index (χ2v) is 2.73. The summed E-state index contributed by atoms with van der Waals surface area (Å²) in [7, 11) is 1.10. The van der Waals surface area contributed by atoms with Crippen molar-refractivity contribution in [1.29, 1.82) is 0 Å². The number of carboxylic acids is 1. The van der Waals surface area contributed by atoms with Gasteiger partial charge in [0.15, 0.2) is 11.6 Å². The summed E-state index contributed by atoms with van der Waals surface area (Å²) in [4.78, 5) is 10.2. The summed E-state index contributed by atoms with van der Waals surface area (Å²) in [6, 6.07) is 2.08. The Labute approximate surface area is 83.1 Å². The smallest absolute Gasteiger partial charge is 0.379 e. The van der Waals surface area contributed by atoms with Crippen LogP contribution in [0, 0.1) is 5.82 Å². The van der Waals surface area contributed by atoms with Gasteiger partial charge >= 0.3 is 11.9 Å². The van der Waals surface area contributed by atoms with Crippen LogP contribution in [0.4, 0.5) is 13.2 Å². The molecule has 0 bridgehead atoms. The molecule has 6 heteroatoms. The molecule has 0 fully saturated rings. The lowest BCUT2D eigenvalue weighted by Crippen LogP contribution is -2.25. The van der Waals surface area contributed by atoms with Crippen LogP contribution < -0.4 is 4.74 Å². The van der Waals surface area contributed by atoms with Gasteiger partial charge in [-0.15, -0.1) is 0 Å². The summed E-state index contributed by atoms with van der Waals surface area (Å²) in [6.45, 7) is 0. The Morgan fingerprint density at radius 1 is 1.47 bits per heavy atom. The molecular formula is C9H7F3O3. The molecule has 0 aliphatic rings. The van der Waals surface area contributed by atoms with E-state index in [0.717, 1.165) is 13.2 Å². The molecule has 1 aromatic rings. The van der Waals surface area contributed by atoms with Crippen molar-refractivity contribution in [2.24, 2.45) is 0 Å². The molecule has 15 heavy (non-hydrogen) atoms. The third-order valence-electron chi connectivity index (χ3n) is 1.78. The van der Waals surface area contributed by atoms with E-state index in [1.807, 2.05) is 0 Å². The zero-order chi connectivity index (χ0) is 11.6. The minimum Gasteiger partial charge on any atom is -0.494 e. The SMILES string of the molecule is COc1cc(C(F)(F)C(=O)O)ccc1F. The average Bonchev–Trinajstić information content (AvgIpc) is 2.18. The Balaban J connectivity index is 3.22. The van der Waals surface area contributed by atoms with E-state index < -0.39 is 29.0 Å². The molecule has 3 nitrogen and oxygen atoms in total. The molecule has 0 amide bonds. The molecule has 0 aliphatic heterocycles. The number of hydrogen-bond acceptors (Lipinski definition) is 2. The number of halogens is 3. The summed E-state index contributed by atoms with van der Waals surface area (Å²) in [6.07, 6.45) is 0. The van der Waals surface area contributed by atoms with E-state index in [0.29, 0.717) is 12.1 Å². The predicted molar refractivity (Wildman–Crippen MR) is 44.5 cm³/mol. The largest absolute Gasteiger partial charge is 0.494 e. The van der Waals surface area contributed by atoms with Crippen molar-refractivity contribution in [3.8, 4) is 5.75 Å². The fourth-order valence-corrected chi connectivity index (χ4v) is 0.979. The monoisotopic (exact) mass is 220 g/mol. The number of rotatable bonds is 3. The third kappa shape index (κ3) is 2.03. The minimum absolute atomic E-state index is 0.423. The van der Waals surface area contributed by atoms with Gasteiger partial charge in [0.25, 0.3) is 0 Å². The maximum absolute atomic E-state index is 12.9. The maximum atomic E-state index is 12.9. The standard InChI is InChI=1S/C9H7F3O3/c1-15-7-4-5(2-3-6(7)10)9(11,12)8(13)14/h2-4H,1H3,(H,13,14). The number of benzene rings is 1. The second-order valence-electron chi connectivity index (χ2n) is 2.73. The number of alkyl halides is 2. The Hall–Kier alpha value is -1.72. The summed E-state index contributed by atoms with van der Waals surface area (Å²) < 4.78 is 43.2. The molecule has 1 rings (SSSR count). The lowest BCUT2D eigenvalue weighted by atomic mass is 10.1. The average molecular weight is 220 g/mol. The Kier molecular flexibility index (Phi) is 2.88. The molecule has 0 spiro atoms. The Morgan fingerprint density at radius 3 is 2.53 bits per heavy atom. The molecule has 0 unspecified atom stereocenters. The lowest BCUT2D eigenvalue weighted by Gasteiger charge is -2.12. The molecular weight excluding hydrogens is 213 g/mol. The molecule has 0 saturated heterocycles. The molecule has 82 valence electrons. The maximum Gasteiger partial charge on any atom is 0.379 e. The van der Waals surface area contributed by atoms with Crippen molar-refractivity contribution >= 4 is 5.97 Å². The first-order valence-corrected chi connectivity index (χ1v) is 3.85. The number of hydrogen-bond donors (Lipinski definition) is 1. The number of carbonyl (C=O) groups is 1. The van der Waals surface area contributed by atoms with Gasteiger partial charge < -0.3 is 9.84 Å². The zero-order valence-corrected chi connectivity index (χ0v) is 7.63. The van der Waals surface area contributed by atoms with Gasteiger partial charge in [0.2, 0.25) is 0 Å². The molecule has 0 saturated carbocycles. The number of ether oxygens (including phenoxy) is 1. The first-order chi connectivity index (χ1) is 6.89. The van der Waals surface area contributed by atoms with Gasteiger partial charge in [-0.05, 0) is 18.2 Å². The van der Waals surface area contributed by atoms with Crippen LogP contribution in [-0.4, -0.2) is 18.2 Å². The van der Waals surface area contributed by atoms with Crippen molar-refractivity contribution in [1.82, 2.24) is 0 Å².